The molecule has 1 aliphatic rings. The van der Waals surface area contributed by atoms with Crippen LogP contribution in [0.1, 0.15) is 5.56 Å². The van der Waals surface area contributed by atoms with Crippen LogP contribution >= 0.6 is 0 Å². The number of hydrogen-bond donors (Lipinski definition) is 4. The van der Waals surface area contributed by atoms with Crippen LogP contribution in [0.3, 0.4) is 0 Å². The van der Waals surface area contributed by atoms with Gasteiger partial charge in [0.2, 0.25) is 0 Å². The van der Waals surface area contributed by atoms with Gasteiger partial charge in [-0.1, -0.05) is 0 Å². The molecule has 0 aliphatic carbocycles. The highest BCUT2D eigenvalue weighted by Crippen LogP contribution is 2.21. The summed E-state index contributed by atoms with van der Waals surface area (Å²) in [6.07, 6.45) is 1.49. The molecule has 4 N–H and O–H groups in total. The first-order chi connectivity index (χ1) is 10.2. The first kappa shape index (κ1) is 14.2. The lowest BCUT2D eigenvalue weighted by atomic mass is 10.1. The number of aliphatic hydroxyl groups is 1. The molecule has 1 fully saturated rings. The molecule has 2 unspecified atom stereocenters. The minimum Gasteiger partial charge on any atom is -0.391 e. The highest BCUT2D eigenvalue weighted by molar-refractivity contribution is 5.62. The Kier molecular flexibility index (Phi) is 4.28. The molecule has 0 radical (unpaired) electrons. The molecular formula is C15H19FN4O. The molecular weight excluding hydrogens is 271 g/mol. The van der Waals surface area contributed by atoms with Crippen molar-refractivity contribution in [2.24, 2.45) is 5.92 Å². The Hall–Kier alpha value is -1.76. The molecule has 21 heavy (non-hydrogen) atoms. The van der Waals surface area contributed by atoms with E-state index in [1.807, 2.05) is 0 Å². The van der Waals surface area contributed by atoms with E-state index in [2.05, 4.69) is 20.8 Å². The second kappa shape index (κ2) is 6.34. The van der Waals surface area contributed by atoms with E-state index >= 15 is 0 Å². The average molecular weight is 290 g/mol. The van der Waals surface area contributed by atoms with Gasteiger partial charge in [-0.2, -0.15) is 5.10 Å². The Morgan fingerprint density at radius 1 is 1.29 bits per heavy atom. The quantitative estimate of drug-likeness (QED) is 0.660. The van der Waals surface area contributed by atoms with Gasteiger partial charge < -0.3 is 15.7 Å². The molecule has 2 aromatic rings. The SMILES string of the molecule is OC1CNCC1CNCc1cn[nH]c1-c1ccc(F)cc1. The van der Waals surface area contributed by atoms with Gasteiger partial charge >= 0.3 is 0 Å². The molecule has 2 atom stereocenters. The molecule has 112 valence electrons. The molecule has 0 saturated carbocycles. The minimum absolute atomic E-state index is 0.242. The van der Waals surface area contributed by atoms with E-state index in [4.69, 9.17) is 0 Å². The summed E-state index contributed by atoms with van der Waals surface area (Å²) < 4.78 is 13.0. The van der Waals surface area contributed by atoms with Crippen molar-refractivity contribution in [3.63, 3.8) is 0 Å². The van der Waals surface area contributed by atoms with E-state index in [9.17, 15) is 9.50 Å². The third kappa shape index (κ3) is 3.29. The van der Waals surface area contributed by atoms with Gasteiger partial charge in [-0.05, 0) is 24.3 Å². The third-order valence-corrected chi connectivity index (χ3v) is 3.88. The molecule has 3 rings (SSSR count). The number of β-amino-alcohol motifs (C(OH)–C–C–N with tert-alkyl or cyclic N) is 1. The lowest BCUT2D eigenvalue weighted by molar-refractivity contribution is 0.146. The highest BCUT2D eigenvalue weighted by Gasteiger charge is 2.24. The summed E-state index contributed by atoms with van der Waals surface area (Å²) in [5.41, 5.74) is 2.84. The largest absolute Gasteiger partial charge is 0.391 e. The van der Waals surface area contributed by atoms with Crippen molar-refractivity contribution in [3.05, 3.63) is 41.8 Å². The molecule has 0 spiro atoms. The maximum Gasteiger partial charge on any atom is 0.123 e. The molecule has 5 nitrogen and oxygen atoms in total. The van der Waals surface area contributed by atoms with Gasteiger partial charge in [-0.3, -0.25) is 5.10 Å². The molecule has 1 aliphatic heterocycles. The van der Waals surface area contributed by atoms with Crippen molar-refractivity contribution in [3.8, 4) is 11.3 Å². The van der Waals surface area contributed by atoms with E-state index < -0.39 is 0 Å². The van der Waals surface area contributed by atoms with Crippen LogP contribution in [0.4, 0.5) is 4.39 Å². The van der Waals surface area contributed by atoms with Crippen molar-refractivity contribution in [1.82, 2.24) is 20.8 Å². The van der Waals surface area contributed by atoms with Crippen LogP contribution in [0.5, 0.6) is 0 Å². The Bertz CT molecular complexity index is 584. The second-order valence-electron chi connectivity index (χ2n) is 5.39. The third-order valence-electron chi connectivity index (χ3n) is 3.88. The summed E-state index contributed by atoms with van der Waals surface area (Å²) in [6, 6.07) is 6.34. The fourth-order valence-corrected chi connectivity index (χ4v) is 2.63. The van der Waals surface area contributed by atoms with Gasteiger partial charge in [0.15, 0.2) is 0 Å². The van der Waals surface area contributed by atoms with E-state index in [-0.39, 0.29) is 17.8 Å². The summed E-state index contributed by atoms with van der Waals surface area (Å²) >= 11 is 0. The number of halogens is 1. The van der Waals surface area contributed by atoms with E-state index in [0.29, 0.717) is 13.1 Å². The molecule has 1 aromatic carbocycles. The van der Waals surface area contributed by atoms with Crippen molar-refractivity contribution < 1.29 is 9.50 Å². The smallest absolute Gasteiger partial charge is 0.123 e. The van der Waals surface area contributed by atoms with Gasteiger partial charge in [0.05, 0.1) is 18.0 Å². The predicted molar refractivity (Wildman–Crippen MR) is 78.1 cm³/mol. The summed E-state index contributed by atoms with van der Waals surface area (Å²) in [7, 11) is 0. The number of rotatable bonds is 5. The number of benzene rings is 1. The van der Waals surface area contributed by atoms with Gasteiger partial charge in [-0.25, -0.2) is 4.39 Å². The molecule has 0 amide bonds. The number of aromatic amines is 1. The fraction of sp³-hybridized carbons (Fsp3) is 0.400. The Balaban J connectivity index is 1.61. The van der Waals surface area contributed by atoms with E-state index in [1.54, 1.807) is 18.3 Å². The molecule has 1 aromatic heterocycles. The summed E-state index contributed by atoms with van der Waals surface area (Å²) in [5.74, 6) is -0.00756. The number of H-pyrrole nitrogens is 1. The molecule has 1 saturated heterocycles. The van der Waals surface area contributed by atoms with Gasteiger partial charge in [-0.15, -0.1) is 0 Å². The van der Waals surface area contributed by atoms with E-state index in [0.717, 1.165) is 29.9 Å². The predicted octanol–water partition coefficient (Wildman–Crippen LogP) is 0.886. The number of nitrogens with zero attached hydrogens (tertiary/aromatic N) is 1. The van der Waals surface area contributed by atoms with Gasteiger partial charge in [0, 0.05) is 43.2 Å². The topological polar surface area (TPSA) is 73.0 Å². The van der Waals surface area contributed by atoms with Crippen LogP contribution in [0.2, 0.25) is 0 Å². The van der Waals surface area contributed by atoms with Gasteiger partial charge in [0.25, 0.3) is 0 Å². The monoisotopic (exact) mass is 290 g/mol. The number of nitrogens with one attached hydrogen (secondary N) is 3. The van der Waals surface area contributed by atoms with Crippen molar-refractivity contribution in [1.29, 1.82) is 0 Å². The Labute approximate surface area is 122 Å². The lowest BCUT2D eigenvalue weighted by Crippen LogP contribution is -2.30. The summed E-state index contributed by atoms with van der Waals surface area (Å²) in [6.45, 7) is 2.91. The number of hydrogen-bond acceptors (Lipinski definition) is 4. The first-order valence-corrected chi connectivity index (χ1v) is 7.11. The van der Waals surface area contributed by atoms with Crippen molar-refractivity contribution >= 4 is 0 Å². The normalized spacial score (nSPS) is 21.8. The van der Waals surface area contributed by atoms with Crippen LogP contribution in [-0.4, -0.2) is 41.0 Å². The number of aromatic nitrogens is 2. The molecule has 2 heterocycles. The van der Waals surface area contributed by atoms with Crippen molar-refractivity contribution in [2.45, 2.75) is 12.6 Å². The van der Waals surface area contributed by atoms with Crippen LogP contribution in [0.15, 0.2) is 30.5 Å². The molecule has 6 heteroatoms. The molecule has 0 bridgehead atoms. The van der Waals surface area contributed by atoms with Crippen LogP contribution < -0.4 is 10.6 Å². The maximum absolute atomic E-state index is 13.0. The maximum atomic E-state index is 13.0. The highest BCUT2D eigenvalue weighted by atomic mass is 19.1. The second-order valence-corrected chi connectivity index (χ2v) is 5.39. The zero-order chi connectivity index (χ0) is 14.7. The standard InChI is InChI=1S/C15H19FN4O/c16-13-3-1-10(2-4-13)15-12(8-19-20-15)7-17-5-11-6-18-9-14(11)21/h1-4,8,11,14,17-18,21H,5-7,9H2,(H,19,20). The van der Waals surface area contributed by atoms with Crippen molar-refractivity contribution in [2.75, 3.05) is 19.6 Å². The Morgan fingerprint density at radius 3 is 2.81 bits per heavy atom. The van der Waals surface area contributed by atoms with Crippen LogP contribution in [0.25, 0.3) is 11.3 Å². The van der Waals surface area contributed by atoms with Gasteiger partial charge in [0.1, 0.15) is 5.82 Å². The first-order valence-electron chi connectivity index (χ1n) is 7.11. The number of aliphatic hydroxyl groups excluding tert-OH is 1. The van der Waals surface area contributed by atoms with Crippen LogP contribution in [-0.2, 0) is 6.54 Å². The lowest BCUT2D eigenvalue weighted by Gasteiger charge is -2.14. The average Bonchev–Trinajstić information content (AvgIpc) is 3.10. The van der Waals surface area contributed by atoms with E-state index in [1.165, 1.54) is 12.1 Å². The Morgan fingerprint density at radius 2 is 2.10 bits per heavy atom. The fourth-order valence-electron chi connectivity index (χ4n) is 2.63. The van der Waals surface area contributed by atoms with Crippen LogP contribution in [0, 0.1) is 11.7 Å². The zero-order valence-corrected chi connectivity index (χ0v) is 11.6. The summed E-state index contributed by atoms with van der Waals surface area (Å²) in [4.78, 5) is 0. The zero-order valence-electron chi connectivity index (χ0n) is 11.6. The summed E-state index contributed by atoms with van der Waals surface area (Å²) in [5, 5.41) is 23.3. The minimum atomic E-state index is -0.279.